The van der Waals surface area contributed by atoms with E-state index in [1.807, 2.05) is 24.3 Å². The topological polar surface area (TPSA) is 55.3 Å². The Balaban J connectivity index is 2.00. The van der Waals surface area contributed by atoms with Crippen molar-refractivity contribution < 1.29 is 9.53 Å². The standard InChI is InChI=1S/C19H21N3O2/c1-3-22(4-2)10-11-24-17-12-15(13-23)21-19-16(17)8-7-14-6-5-9-20-18(14)19/h5-9,12-13H,3-4,10-11H2,1-2H3. The quantitative estimate of drug-likeness (QED) is 0.493. The summed E-state index contributed by atoms with van der Waals surface area (Å²) in [5, 5.41) is 1.88. The van der Waals surface area contributed by atoms with E-state index in [-0.39, 0.29) is 0 Å². The minimum atomic E-state index is 0.360. The summed E-state index contributed by atoms with van der Waals surface area (Å²) in [4.78, 5) is 22.4. The highest BCUT2D eigenvalue weighted by molar-refractivity contribution is 6.05. The number of pyridine rings is 2. The van der Waals surface area contributed by atoms with Crippen LogP contribution in [-0.4, -0.2) is 47.4 Å². The van der Waals surface area contributed by atoms with E-state index < -0.39 is 0 Å². The second-order valence-electron chi connectivity index (χ2n) is 5.58. The first-order valence-electron chi connectivity index (χ1n) is 8.25. The molecule has 0 saturated heterocycles. The second-order valence-corrected chi connectivity index (χ2v) is 5.58. The van der Waals surface area contributed by atoms with Crippen molar-refractivity contribution in [1.82, 2.24) is 14.9 Å². The fourth-order valence-electron chi connectivity index (χ4n) is 2.82. The van der Waals surface area contributed by atoms with E-state index in [1.165, 1.54) is 0 Å². The molecule has 0 saturated carbocycles. The molecule has 5 heteroatoms. The molecule has 3 aromatic rings. The molecule has 0 atom stereocenters. The molecule has 24 heavy (non-hydrogen) atoms. The van der Waals surface area contributed by atoms with Crippen molar-refractivity contribution in [3.05, 3.63) is 42.2 Å². The van der Waals surface area contributed by atoms with Gasteiger partial charge in [0.1, 0.15) is 23.6 Å². The highest BCUT2D eigenvalue weighted by Gasteiger charge is 2.11. The average molecular weight is 323 g/mol. The molecule has 0 aliphatic heterocycles. The summed E-state index contributed by atoms with van der Waals surface area (Å²) in [5.41, 5.74) is 1.85. The number of benzene rings is 1. The van der Waals surface area contributed by atoms with Crippen molar-refractivity contribution in [3.63, 3.8) is 0 Å². The SMILES string of the molecule is CCN(CC)CCOc1cc(C=O)nc2c1ccc1cccnc12. The van der Waals surface area contributed by atoms with Gasteiger partial charge in [0.15, 0.2) is 6.29 Å². The van der Waals surface area contributed by atoms with Gasteiger partial charge in [0.25, 0.3) is 0 Å². The van der Waals surface area contributed by atoms with Crippen LogP contribution in [0.3, 0.4) is 0 Å². The van der Waals surface area contributed by atoms with E-state index in [9.17, 15) is 4.79 Å². The molecule has 3 rings (SSSR count). The van der Waals surface area contributed by atoms with Crippen molar-refractivity contribution in [2.24, 2.45) is 0 Å². The average Bonchev–Trinajstić information content (AvgIpc) is 2.64. The maximum Gasteiger partial charge on any atom is 0.168 e. The zero-order valence-corrected chi connectivity index (χ0v) is 14.0. The summed E-state index contributed by atoms with van der Waals surface area (Å²) in [7, 11) is 0. The largest absolute Gasteiger partial charge is 0.491 e. The van der Waals surface area contributed by atoms with Gasteiger partial charge in [-0.3, -0.25) is 9.78 Å². The Bertz CT molecular complexity index is 860. The number of aldehydes is 1. The van der Waals surface area contributed by atoms with Gasteiger partial charge in [-0.2, -0.15) is 0 Å². The van der Waals surface area contributed by atoms with Crippen LogP contribution in [0.4, 0.5) is 0 Å². The number of rotatable bonds is 7. The van der Waals surface area contributed by atoms with Crippen LogP contribution in [0.5, 0.6) is 5.75 Å². The minimum absolute atomic E-state index is 0.360. The van der Waals surface area contributed by atoms with Crippen LogP contribution in [0.2, 0.25) is 0 Å². The molecular weight excluding hydrogens is 302 g/mol. The predicted molar refractivity (Wildman–Crippen MR) is 95.7 cm³/mol. The third kappa shape index (κ3) is 3.21. The molecule has 1 aromatic carbocycles. The molecule has 0 bridgehead atoms. The Morgan fingerprint density at radius 3 is 2.75 bits per heavy atom. The van der Waals surface area contributed by atoms with Crippen LogP contribution >= 0.6 is 0 Å². The van der Waals surface area contributed by atoms with Gasteiger partial charge in [-0.15, -0.1) is 0 Å². The van der Waals surface area contributed by atoms with Gasteiger partial charge in [-0.1, -0.05) is 26.0 Å². The summed E-state index contributed by atoms with van der Waals surface area (Å²) in [5.74, 6) is 0.682. The van der Waals surface area contributed by atoms with Crippen molar-refractivity contribution in [3.8, 4) is 5.75 Å². The summed E-state index contributed by atoms with van der Waals surface area (Å²) < 4.78 is 5.98. The molecule has 0 N–H and O–H groups in total. The van der Waals surface area contributed by atoms with Crippen molar-refractivity contribution in [2.75, 3.05) is 26.2 Å². The lowest BCUT2D eigenvalue weighted by Crippen LogP contribution is -2.27. The Kier molecular flexibility index (Phi) is 5.01. The van der Waals surface area contributed by atoms with Crippen LogP contribution in [-0.2, 0) is 0 Å². The number of fused-ring (bicyclic) bond motifs is 3. The summed E-state index contributed by atoms with van der Waals surface area (Å²) in [6.07, 6.45) is 2.48. The van der Waals surface area contributed by atoms with Gasteiger partial charge in [0.05, 0.1) is 5.52 Å². The van der Waals surface area contributed by atoms with Gasteiger partial charge in [-0.05, 0) is 25.2 Å². The summed E-state index contributed by atoms with van der Waals surface area (Å²) in [6, 6.07) is 9.56. The van der Waals surface area contributed by atoms with Gasteiger partial charge in [-0.25, -0.2) is 4.98 Å². The molecule has 2 aromatic heterocycles. The molecule has 0 aliphatic carbocycles. The van der Waals surface area contributed by atoms with Gasteiger partial charge >= 0.3 is 0 Å². The molecule has 0 amide bonds. The number of ether oxygens (including phenoxy) is 1. The molecule has 5 nitrogen and oxygen atoms in total. The Morgan fingerprint density at radius 2 is 2.00 bits per heavy atom. The monoisotopic (exact) mass is 323 g/mol. The van der Waals surface area contributed by atoms with Crippen LogP contribution in [0, 0.1) is 0 Å². The number of likely N-dealkylation sites (N-methyl/N-ethyl adjacent to an activating group) is 1. The highest BCUT2D eigenvalue weighted by Crippen LogP contribution is 2.29. The lowest BCUT2D eigenvalue weighted by atomic mass is 10.1. The second kappa shape index (κ2) is 7.36. The zero-order valence-electron chi connectivity index (χ0n) is 14.0. The van der Waals surface area contributed by atoms with Gasteiger partial charge < -0.3 is 9.64 Å². The van der Waals surface area contributed by atoms with Crippen LogP contribution < -0.4 is 4.74 Å². The van der Waals surface area contributed by atoms with E-state index >= 15 is 0 Å². The fourth-order valence-corrected chi connectivity index (χ4v) is 2.82. The van der Waals surface area contributed by atoms with E-state index in [2.05, 4.69) is 28.7 Å². The Labute approximate surface area is 141 Å². The van der Waals surface area contributed by atoms with E-state index in [1.54, 1.807) is 12.3 Å². The molecule has 0 fully saturated rings. The van der Waals surface area contributed by atoms with E-state index in [0.29, 0.717) is 23.6 Å². The zero-order chi connectivity index (χ0) is 16.9. The molecule has 0 radical (unpaired) electrons. The van der Waals surface area contributed by atoms with E-state index in [4.69, 9.17) is 4.74 Å². The first-order valence-corrected chi connectivity index (χ1v) is 8.25. The van der Waals surface area contributed by atoms with Crippen molar-refractivity contribution in [1.29, 1.82) is 0 Å². The van der Waals surface area contributed by atoms with Crippen molar-refractivity contribution >= 4 is 28.1 Å². The molecule has 124 valence electrons. The maximum atomic E-state index is 11.3. The van der Waals surface area contributed by atoms with E-state index in [0.717, 1.165) is 42.2 Å². The maximum absolute atomic E-state index is 11.3. The number of aromatic nitrogens is 2. The summed E-state index contributed by atoms with van der Waals surface area (Å²) >= 11 is 0. The number of nitrogens with zero attached hydrogens (tertiary/aromatic N) is 3. The number of carbonyl (C=O) groups excluding carboxylic acids is 1. The fraction of sp³-hybridized carbons (Fsp3) is 0.316. The molecule has 0 aliphatic rings. The van der Waals surface area contributed by atoms with Crippen LogP contribution in [0.15, 0.2) is 36.5 Å². The van der Waals surface area contributed by atoms with Crippen LogP contribution in [0.25, 0.3) is 21.8 Å². The minimum Gasteiger partial charge on any atom is -0.491 e. The Morgan fingerprint density at radius 1 is 1.17 bits per heavy atom. The normalized spacial score (nSPS) is 11.3. The lowest BCUT2D eigenvalue weighted by Gasteiger charge is -2.18. The number of hydrogen-bond acceptors (Lipinski definition) is 5. The van der Waals surface area contributed by atoms with Crippen molar-refractivity contribution in [2.45, 2.75) is 13.8 Å². The molecular formula is C19H21N3O2. The third-order valence-corrected chi connectivity index (χ3v) is 4.21. The summed E-state index contributed by atoms with van der Waals surface area (Å²) in [6.45, 7) is 7.66. The van der Waals surface area contributed by atoms with Gasteiger partial charge in [0.2, 0.25) is 0 Å². The molecule has 0 spiro atoms. The van der Waals surface area contributed by atoms with Crippen LogP contribution in [0.1, 0.15) is 24.3 Å². The molecule has 0 unspecified atom stereocenters. The third-order valence-electron chi connectivity index (χ3n) is 4.21. The predicted octanol–water partition coefficient (Wildman–Crippen LogP) is 3.32. The first kappa shape index (κ1) is 16.3. The number of hydrogen-bond donors (Lipinski definition) is 0. The molecule has 2 heterocycles. The van der Waals surface area contributed by atoms with Gasteiger partial charge in [0, 0.05) is 29.6 Å². The first-order chi connectivity index (χ1) is 11.8. The lowest BCUT2D eigenvalue weighted by molar-refractivity contribution is 0.111. The Hall–Kier alpha value is -2.53. The number of carbonyl (C=O) groups is 1. The highest BCUT2D eigenvalue weighted by atomic mass is 16.5. The smallest absolute Gasteiger partial charge is 0.168 e.